The Labute approximate surface area is 182 Å². The van der Waals surface area contributed by atoms with Gasteiger partial charge in [-0.1, -0.05) is 30.3 Å². The fourth-order valence-electron chi connectivity index (χ4n) is 3.38. The molecule has 1 aromatic heterocycles. The molecule has 0 spiro atoms. The average molecular weight is 423 g/mol. The van der Waals surface area contributed by atoms with Crippen molar-refractivity contribution >= 4 is 22.8 Å². The topological polar surface area (TPSA) is 85.2 Å². The van der Waals surface area contributed by atoms with Crippen molar-refractivity contribution in [3.8, 4) is 0 Å². The number of para-hydroxylation sites is 2. The van der Waals surface area contributed by atoms with E-state index in [9.17, 15) is 9.59 Å². The number of benzene rings is 2. The number of hydrogen-bond donors (Lipinski definition) is 2. The summed E-state index contributed by atoms with van der Waals surface area (Å²) in [6.45, 7) is 4.64. The minimum Gasteiger partial charge on any atom is -0.382 e. The summed E-state index contributed by atoms with van der Waals surface area (Å²) in [4.78, 5) is 29.4. The first-order valence-electron chi connectivity index (χ1n) is 10.8. The zero-order valence-electron chi connectivity index (χ0n) is 18.0. The van der Waals surface area contributed by atoms with Crippen molar-refractivity contribution in [3.05, 3.63) is 66.0 Å². The van der Waals surface area contributed by atoms with Gasteiger partial charge in [-0.2, -0.15) is 0 Å². The zero-order chi connectivity index (χ0) is 21.9. The van der Waals surface area contributed by atoms with Gasteiger partial charge in [0.05, 0.1) is 11.0 Å². The van der Waals surface area contributed by atoms with Gasteiger partial charge in [0.2, 0.25) is 5.91 Å². The van der Waals surface area contributed by atoms with E-state index < -0.39 is 0 Å². The van der Waals surface area contributed by atoms with Gasteiger partial charge in [-0.15, -0.1) is 0 Å². The largest absolute Gasteiger partial charge is 0.382 e. The van der Waals surface area contributed by atoms with Crippen molar-refractivity contribution in [2.45, 2.75) is 32.7 Å². The Kier molecular flexibility index (Phi) is 8.60. The minimum atomic E-state index is -0.0828. The third kappa shape index (κ3) is 6.65. The van der Waals surface area contributed by atoms with Crippen LogP contribution in [0.15, 0.2) is 54.6 Å². The van der Waals surface area contributed by atoms with Gasteiger partial charge < -0.3 is 19.9 Å². The molecule has 0 atom stereocenters. The van der Waals surface area contributed by atoms with Gasteiger partial charge in [-0.3, -0.25) is 9.59 Å². The highest BCUT2D eigenvalue weighted by molar-refractivity contribution is 5.94. The predicted octanol–water partition coefficient (Wildman–Crippen LogP) is 2.94. The summed E-state index contributed by atoms with van der Waals surface area (Å²) in [7, 11) is 0. The van der Waals surface area contributed by atoms with Gasteiger partial charge in [0, 0.05) is 38.3 Å². The lowest BCUT2D eigenvalue weighted by Gasteiger charge is -2.11. The van der Waals surface area contributed by atoms with E-state index in [2.05, 4.69) is 10.6 Å². The molecule has 0 saturated heterocycles. The van der Waals surface area contributed by atoms with E-state index in [1.165, 1.54) is 0 Å². The van der Waals surface area contributed by atoms with Crippen LogP contribution in [0.5, 0.6) is 0 Å². The molecule has 164 valence electrons. The molecule has 2 amide bonds. The van der Waals surface area contributed by atoms with Crippen molar-refractivity contribution < 1.29 is 14.3 Å². The van der Waals surface area contributed by atoms with E-state index in [4.69, 9.17) is 9.72 Å². The van der Waals surface area contributed by atoms with Gasteiger partial charge in [0.15, 0.2) is 0 Å². The molecule has 2 aromatic carbocycles. The number of imidazole rings is 1. The standard InChI is InChI=1S/C24H30N4O3/c1-2-31-17-9-16-25-23(29)18-28-21-13-7-6-12-20(21)27-22(28)14-8-15-26-24(30)19-10-4-3-5-11-19/h3-7,10-13H,2,8-9,14-18H2,1H3,(H,25,29)(H,26,30). The number of carbonyl (C=O) groups is 2. The van der Waals surface area contributed by atoms with E-state index in [1.54, 1.807) is 12.1 Å². The van der Waals surface area contributed by atoms with E-state index in [0.29, 0.717) is 38.3 Å². The van der Waals surface area contributed by atoms with Gasteiger partial charge in [-0.05, 0) is 44.0 Å². The third-order valence-electron chi connectivity index (χ3n) is 4.93. The molecular weight excluding hydrogens is 392 g/mol. The second-order valence-electron chi connectivity index (χ2n) is 7.23. The molecule has 0 fully saturated rings. The van der Waals surface area contributed by atoms with Crippen LogP contribution < -0.4 is 10.6 Å². The average Bonchev–Trinajstić information content (AvgIpc) is 3.14. The highest BCUT2D eigenvalue weighted by Gasteiger charge is 2.13. The molecular formula is C24H30N4O3. The van der Waals surface area contributed by atoms with Crippen LogP contribution in [0, 0.1) is 0 Å². The second kappa shape index (κ2) is 11.9. The quantitative estimate of drug-likeness (QED) is 0.440. The molecule has 0 aliphatic heterocycles. The van der Waals surface area contributed by atoms with Crippen LogP contribution in [-0.4, -0.2) is 47.7 Å². The maximum atomic E-state index is 12.5. The molecule has 1 heterocycles. The van der Waals surface area contributed by atoms with E-state index >= 15 is 0 Å². The molecule has 0 saturated carbocycles. The Morgan fingerprint density at radius 1 is 0.968 bits per heavy atom. The van der Waals surface area contributed by atoms with Crippen molar-refractivity contribution in [2.24, 2.45) is 0 Å². The fraction of sp³-hybridized carbons (Fsp3) is 0.375. The third-order valence-corrected chi connectivity index (χ3v) is 4.93. The maximum Gasteiger partial charge on any atom is 0.251 e. The van der Waals surface area contributed by atoms with Crippen molar-refractivity contribution in [1.29, 1.82) is 0 Å². The van der Waals surface area contributed by atoms with Gasteiger partial charge in [0.1, 0.15) is 12.4 Å². The molecule has 0 unspecified atom stereocenters. The Bertz CT molecular complexity index is 985. The first-order valence-corrected chi connectivity index (χ1v) is 10.8. The molecule has 7 nitrogen and oxygen atoms in total. The molecule has 0 bridgehead atoms. The van der Waals surface area contributed by atoms with E-state index in [0.717, 1.165) is 29.7 Å². The second-order valence-corrected chi connectivity index (χ2v) is 7.23. The summed E-state index contributed by atoms with van der Waals surface area (Å²) in [5.41, 5.74) is 2.46. The lowest BCUT2D eigenvalue weighted by atomic mass is 10.2. The van der Waals surface area contributed by atoms with Crippen LogP contribution in [0.1, 0.15) is 35.9 Å². The molecule has 0 aliphatic carbocycles. The first kappa shape index (κ1) is 22.5. The molecule has 0 aliphatic rings. The van der Waals surface area contributed by atoms with Crippen LogP contribution in [0.3, 0.4) is 0 Å². The highest BCUT2D eigenvalue weighted by atomic mass is 16.5. The molecule has 3 aromatic rings. The number of amides is 2. The number of carbonyl (C=O) groups excluding carboxylic acids is 2. The van der Waals surface area contributed by atoms with Gasteiger partial charge in [-0.25, -0.2) is 4.98 Å². The number of aryl methyl sites for hydroxylation is 1. The monoisotopic (exact) mass is 422 g/mol. The maximum absolute atomic E-state index is 12.5. The Morgan fingerprint density at radius 2 is 1.71 bits per heavy atom. The summed E-state index contributed by atoms with van der Waals surface area (Å²) in [6, 6.07) is 17.0. The SMILES string of the molecule is CCOCCCNC(=O)Cn1c(CCCNC(=O)c2ccccc2)nc2ccccc21. The summed E-state index contributed by atoms with van der Waals surface area (Å²) in [5, 5.41) is 5.89. The number of nitrogens with one attached hydrogen (secondary N) is 2. The minimum absolute atomic E-state index is 0.0433. The van der Waals surface area contributed by atoms with Gasteiger partial charge >= 0.3 is 0 Å². The number of rotatable bonds is 12. The summed E-state index contributed by atoms with van der Waals surface area (Å²) in [6.07, 6.45) is 2.19. The number of hydrogen-bond acceptors (Lipinski definition) is 4. The van der Waals surface area contributed by atoms with E-state index in [1.807, 2.05) is 54.0 Å². The summed E-state index contributed by atoms with van der Waals surface area (Å²) < 4.78 is 7.27. The predicted molar refractivity (Wildman–Crippen MR) is 121 cm³/mol. The van der Waals surface area contributed by atoms with Crippen LogP contribution in [0.4, 0.5) is 0 Å². The van der Waals surface area contributed by atoms with Crippen molar-refractivity contribution in [1.82, 2.24) is 20.2 Å². The first-order chi connectivity index (χ1) is 15.2. The Morgan fingerprint density at radius 3 is 2.52 bits per heavy atom. The fourth-order valence-corrected chi connectivity index (χ4v) is 3.38. The molecule has 7 heteroatoms. The van der Waals surface area contributed by atoms with Gasteiger partial charge in [0.25, 0.3) is 5.91 Å². The van der Waals surface area contributed by atoms with Crippen LogP contribution in [-0.2, 0) is 22.5 Å². The molecule has 31 heavy (non-hydrogen) atoms. The molecule has 2 N–H and O–H groups in total. The molecule has 0 radical (unpaired) electrons. The lowest BCUT2D eigenvalue weighted by Crippen LogP contribution is -2.29. The summed E-state index contributed by atoms with van der Waals surface area (Å²) in [5.74, 6) is 0.721. The van der Waals surface area contributed by atoms with Crippen LogP contribution >= 0.6 is 0 Å². The van der Waals surface area contributed by atoms with Crippen LogP contribution in [0.2, 0.25) is 0 Å². The van der Waals surface area contributed by atoms with E-state index in [-0.39, 0.29) is 18.4 Å². The Balaban J connectivity index is 1.56. The number of aromatic nitrogens is 2. The lowest BCUT2D eigenvalue weighted by molar-refractivity contribution is -0.121. The smallest absolute Gasteiger partial charge is 0.251 e. The van der Waals surface area contributed by atoms with Crippen molar-refractivity contribution in [3.63, 3.8) is 0 Å². The van der Waals surface area contributed by atoms with Crippen LogP contribution in [0.25, 0.3) is 11.0 Å². The highest BCUT2D eigenvalue weighted by Crippen LogP contribution is 2.17. The summed E-state index contributed by atoms with van der Waals surface area (Å²) >= 11 is 0. The number of ether oxygens (including phenoxy) is 1. The Hall–Kier alpha value is -3.19. The molecule has 3 rings (SSSR count). The number of fused-ring (bicyclic) bond motifs is 1. The number of nitrogens with zero attached hydrogens (tertiary/aromatic N) is 2. The van der Waals surface area contributed by atoms with Crippen molar-refractivity contribution in [2.75, 3.05) is 26.3 Å². The zero-order valence-corrected chi connectivity index (χ0v) is 18.0. The normalized spacial score (nSPS) is 10.9.